The number of benzene rings is 2. The van der Waals surface area contributed by atoms with Crippen LogP contribution < -0.4 is 4.90 Å². The summed E-state index contributed by atoms with van der Waals surface area (Å²) in [5.41, 5.74) is 4.34. The van der Waals surface area contributed by atoms with Gasteiger partial charge in [-0.2, -0.15) is 0 Å². The van der Waals surface area contributed by atoms with Crippen LogP contribution in [-0.4, -0.2) is 29.8 Å². The van der Waals surface area contributed by atoms with Crippen molar-refractivity contribution < 1.29 is 9.59 Å². The van der Waals surface area contributed by atoms with Crippen LogP contribution in [0.4, 0.5) is 5.69 Å². The monoisotopic (exact) mass is 322 g/mol. The number of fused-ring (bicyclic) bond motifs is 1. The number of nitrogens with zero attached hydrogens (tertiary/aromatic N) is 2. The molecule has 0 saturated carbocycles. The minimum absolute atomic E-state index is 0.0128. The summed E-state index contributed by atoms with van der Waals surface area (Å²) in [7, 11) is 0. The molecule has 3 rings (SSSR count). The maximum atomic E-state index is 12.7. The Morgan fingerprint density at radius 3 is 2.54 bits per heavy atom. The summed E-state index contributed by atoms with van der Waals surface area (Å²) in [6.45, 7) is 4.89. The molecule has 0 spiro atoms. The van der Waals surface area contributed by atoms with Crippen molar-refractivity contribution in [3.8, 4) is 0 Å². The largest absolute Gasteiger partial charge is 0.336 e. The zero-order chi connectivity index (χ0) is 17.1. The molecule has 2 amide bonds. The highest BCUT2D eigenvalue weighted by molar-refractivity contribution is 5.97. The Bertz CT molecular complexity index is 770. The minimum atomic E-state index is -0.119. The van der Waals surface area contributed by atoms with Gasteiger partial charge in [-0.1, -0.05) is 36.4 Å². The molecule has 0 unspecified atom stereocenters. The Morgan fingerprint density at radius 1 is 1.08 bits per heavy atom. The van der Waals surface area contributed by atoms with E-state index in [2.05, 4.69) is 12.1 Å². The van der Waals surface area contributed by atoms with Crippen molar-refractivity contribution in [3.05, 3.63) is 65.2 Å². The van der Waals surface area contributed by atoms with Crippen LogP contribution in [0.2, 0.25) is 0 Å². The van der Waals surface area contributed by atoms with Gasteiger partial charge in [0.15, 0.2) is 0 Å². The zero-order valence-corrected chi connectivity index (χ0v) is 14.2. The van der Waals surface area contributed by atoms with Gasteiger partial charge in [0.05, 0.1) is 0 Å². The molecule has 0 aromatic heterocycles. The number of anilines is 1. The highest BCUT2D eigenvalue weighted by Gasteiger charge is 2.23. The number of carbonyl (C=O) groups is 2. The molecule has 4 heteroatoms. The Labute approximate surface area is 142 Å². The summed E-state index contributed by atoms with van der Waals surface area (Å²) < 4.78 is 0. The van der Waals surface area contributed by atoms with E-state index in [9.17, 15) is 9.59 Å². The first-order valence-corrected chi connectivity index (χ1v) is 8.24. The molecule has 0 radical (unpaired) electrons. The highest BCUT2D eigenvalue weighted by atomic mass is 16.2. The predicted molar refractivity (Wildman–Crippen MR) is 94.8 cm³/mol. The normalized spacial score (nSPS) is 13.3. The van der Waals surface area contributed by atoms with E-state index in [-0.39, 0.29) is 18.4 Å². The molecule has 0 atom stereocenters. The topological polar surface area (TPSA) is 40.6 Å². The molecule has 1 heterocycles. The van der Waals surface area contributed by atoms with Gasteiger partial charge in [0.1, 0.15) is 6.54 Å². The van der Waals surface area contributed by atoms with Crippen molar-refractivity contribution in [1.82, 2.24) is 4.90 Å². The van der Waals surface area contributed by atoms with Crippen LogP contribution in [-0.2, 0) is 22.6 Å². The van der Waals surface area contributed by atoms with Gasteiger partial charge < -0.3 is 9.80 Å². The van der Waals surface area contributed by atoms with Crippen LogP contribution in [0.1, 0.15) is 23.6 Å². The number of hydrogen-bond acceptors (Lipinski definition) is 2. The van der Waals surface area contributed by atoms with Crippen LogP contribution in [0.15, 0.2) is 48.5 Å². The van der Waals surface area contributed by atoms with Gasteiger partial charge in [-0.15, -0.1) is 0 Å². The number of rotatable bonds is 3. The van der Waals surface area contributed by atoms with Crippen molar-refractivity contribution in [1.29, 1.82) is 0 Å². The lowest BCUT2D eigenvalue weighted by Crippen LogP contribution is -2.44. The molecular weight excluding hydrogens is 300 g/mol. The molecule has 2 aromatic carbocycles. The fraction of sp³-hybridized carbons (Fsp3) is 0.300. The summed E-state index contributed by atoms with van der Waals surface area (Å²) in [5, 5.41) is 0. The summed E-state index contributed by atoms with van der Waals surface area (Å²) in [5.74, 6) is -0.132. The van der Waals surface area contributed by atoms with Crippen LogP contribution >= 0.6 is 0 Å². The second-order valence-corrected chi connectivity index (χ2v) is 6.28. The molecule has 1 aliphatic rings. The SMILES string of the molecule is CC(=O)N(CC(=O)N1CCc2ccccc2C1)c1cccc(C)c1. The average Bonchev–Trinajstić information content (AvgIpc) is 2.58. The first kappa shape index (κ1) is 16.2. The fourth-order valence-electron chi connectivity index (χ4n) is 3.12. The van der Waals surface area contributed by atoms with Gasteiger partial charge in [-0.05, 0) is 42.2 Å². The molecule has 0 saturated heterocycles. The molecule has 1 aliphatic heterocycles. The maximum Gasteiger partial charge on any atom is 0.242 e. The second-order valence-electron chi connectivity index (χ2n) is 6.28. The zero-order valence-electron chi connectivity index (χ0n) is 14.2. The maximum absolute atomic E-state index is 12.7. The fourth-order valence-corrected chi connectivity index (χ4v) is 3.12. The average molecular weight is 322 g/mol. The number of hydrogen-bond donors (Lipinski definition) is 0. The van der Waals surface area contributed by atoms with E-state index in [1.165, 1.54) is 18.1 Å². The van der Waals surface area contributed by atoms with Crippen LogP contribution in [0.25, 0.3) is 0 Å². The van der Waals surface area contributed by atoms with E-state index in [0.717, 1.165) is 17.7 Å². The lowest BCUT2D eigenvalue weighted by Gasteiger charge is -2.31. The second kappa shape index (κ2) is 6.87. The Kier molecular flexibility index (Phi) is 4.65. The molecule has 124 valence electrons. The van der Waals surface area contributed by atoms with Gasteiger partial charge in [0.25, 0.3) is 0 Å². The van der Waals surface area contributed by atoms with Crippen LogP contribution in [0, 0.1) is 6.92 Å². The highest BCUT2D eigenvalue weighted by Crippen LogP contribution is 2.20. The van der Waals surface area contributed by atoms with Gasteiger partial charge in [-0.3, -0.25) is 9.59 Å². The van der Waals surface area contributed by atoms with Crippen molar-refractivity contribution in [2.24, 2.45) is 0 Å². The quantitative estimate of drug-likeness (QED) is 0.872. The van der Waals surface area contributed by atoms with Crippen molar-refractivity contribution in [2.45, 2.75) is 26.8 Å². The number of carbonyl (C=O) groups excluding carboxylic acids is 2. The first-order chi connectivity index (χ1) is 11.5. The van der Waals surface area contributed by atoms with Gasteiger partial charge >= 0.3 is 0 Å². The summed E-state index contributed by atoms with van der Waals surface area (Å²) in [6.07, 6.45) is 0.867. The van der Waals surface area contributed by atoms with Crippen molar-refractivity contribution >= 4 is 17.5 Å². The third kappa shape index (κ3) is 3.48. The molecule has 0 fully saturated rings. The minimum Gasteiger partial charge on any atom is -0.336 e. The lowest BCUT2D eigenvalue weighted by molar-refractivity contribution is -0.132. The number of aryl methyl sites for hydroxylation is 1. The van der Waals surface area contributed by atoms with E-state index in [1.807, 2.05) is 48.2 Å². The Morgan fingerprint density at radius 2 is 1.83 bits per heavy atom. The van der Waals surface area contributed by atoms with E-state index in [0.29, 0.717) is 13.1 Å². The van der Waals surface area contributed by atoms with Crippen LogP contribution in [0.5, 0.6) is 0 Å². The summed E-state index contributed by atoms with van der Waals surface area (Å²) in [4.78, 5) is 28.1. The molecule has 2 aromatic rings. The molecule has 0 N–H and O–H groups in total. The van der Waals surface area contributed by atoms with Crippen molar-refractivity contribution in [3.63, 3.8) is 0 Å². The van der Waals surface area contributed by atoms with Gasteiger partial charge in [0.2, 0.25) is 11.8 Å². The standard InChI is InChI=1S/C20H22N2O2/c1-15-6-5-9-19(12-15)22(16(2)23)14-20(24)21-11-10-17-7-3-4-8-18(17)13-21/h3-9,12H,10-11,13-14H2,1-2H3. The first-order valence-electron chi connectivity index (χ1n) is 8.24. The van der Waals surface area contributed by atoms with E-state index >= 15 is 0 Å². The number of amides is 2. The third-order valence-corrected chi connectivity index (χ3v) is 4.47. The third-order valence-electron chi connectivity index (χ3n) is 4.47. The smallest absolute Gasteiger partial charge is 0.242 e. The predicted octanol–water partition coefficient (Wildman–Crippen LogP) is 2.93. The molecular formula is C20H22N2O2. The molecule has 0 bridgehead atoms. The molecule has 0 aliphatic carbocycles. The summed E-state index contributed by atoms with van der Waals surface area (Å²) >= 11 is 0. The van der Waals surface area contributed by atoms with E-state index in [1.54, 1.807) is 4.90 Å². The van der Waals surface area contributed by atoms with Gasteiger partial charge in [-0.25, -0.2) is 0 Å². The lowest BCUT2D eigenvalue weighted by atomic mass is 10.00. The Hall–Kier alpha value is -2.62. The van der Waals surface area contributed by atoms with E-state index < -0.39 is 0 Å². The van der Waals surface area contributed by atoms with E-state index in [4.69, 9.17) is 0 Å². The van der Waals surface area contributed by atoms with Crippen LogP contribution in [0.3, 0.4) is 0 Å². The Balaban J connectivity index is 1.74. The molecule has 24 heavy (non-hydrogen) atoms. The van der Waals surface area contributed by atoms with Crippen molar-refractivity contribution in [2.75, 3.05) is 18.0 Å². The van der Waals surface area contributed by atoms with Gasteiger partial charge in [0, 0.05) is 25.7 Å². The molecule has 4 nitrogen and oxygen atoms in total. The summed E-state index contributed by atoms with van der Waals surface area (Å²) in [6, 6.07) is 15.9.